The van der Waals surface area contributed by atoms with E-state index in [1.54, 1.807) is 11.8 Å². The molecule has 0 radical (unpaired) electrons. The van der Waals surface area contributed by atoms with Crippen LogP contribution in [-0.4, -0.2) is 37.0 Å². The van der Waals surface area contributed by atoms with E-state index in [0.717, 1.165) is 30.2 Å². The van der Waals surface area contributed by atoms with Crippen LogP contribution in [0.25, 0.3) is 0 Å². The van der Waals surface area contributed by atoms with Gasteiger partial charge < -0.3 is 5.11 Å². The normalized spacial score (nSPS) is 15.1. The topological polar surface area (TPSA) is 80.9 Å². The molecule has 1 heterocycles. The second kappa shape index (κ2) is 6.00. The van der Waals surface area contributed by atoms with Gasteiger partial charge in [0.05, 0.1) is 6.04 Å². The summed E-state index contributed by atoms with van der Waals surface area (Å²) in [5.74, 6) is 0.238. The second-order valence-electron chi connectivity index (χ2n) is 4.19. The zero-order chi connectivity index (χ0) is 12.1. The zero-order valence-electron chi connectivity index (χ0n) is 9.58. The van der Waals surface area contributed by atoms with E-state index in [-0.39, 0.29) is 6.42 Å². The van der Waals surface area contributed by atoms with E-state index in [9.17, 15) is 4.79 Å². The lowest BCUT2D eigenvalue weighted by molar-refractivity contribution is -0.137. The molecule has 94 valence electrons. The first-order valence-electron chi connectivity index (χ1n) is 5.90. The zero-order valence-corrected chi connectivity index (χ0v) is 10.4. The average molecular weight is 256 g/mol. The van der Waals surface area contributed by atoms with Crippen molar-refractivity contribution in [3.05, 3.63) is 0 Å². The van der Waals surface area contributed by atoms with E-state index in [1.807, 2.05) is 4.68 Å². The van der Waals surface area contributed by atoms with Gasteiger partial charge in [-0.05, 0) is 36.1 Å². The first-order valence-corrected chi connectivity index (χ1v) is 6.88. The Balaban J connectivity index is 1.61. The van der Waals surface area contributed by atoms with Gasteiger partial charge in [-0.3, -0.25) is 4.79 Å². The van der Waals surface area contributed by atoms with Gasteiger partial charge in [0.1, 0.15) is 0 Å². The molecular formula is C10H16N4O2S. The number of carbonyl (C=O) groups is 1. The Morgan fingerprint density at radius 3 is 2.94 bits per heavy atom. The highest BCUT2D eigenvalue weighted by molar-refractivity contribution is 7.99. The van der Waals surface area contributed by atoms with Crippen molar-refractivity contribution in [1.82, 2.24) is 20.2 Å². The summed E-state index contributed by atoms with van der Waals surface area (Å²) in [5, 5.41) is 21.0. The third kappa shape index (κ3) is 3.99. The van der Waals surface area contributed by atoms with E-state index < -0.39 is 5.97 Å². The van der Waals surface area contributed by atoms with Crippen LogP contribution < -0.4 is 0 Å². The van der Waals surface area contributed by atoms with Crippen LogP contribution in [0.2, 0.25) is 0 Å². The van der Waals surface area contributed by atoms with Crippen LogP contribution in [0.15, 0.2) is 5.16 Å². The number of rotatable bonds is 8. The predicted molar refractivity (Wildman–Crippen MR) is 62.9 cm³/mol. The fourth-order valence-electron chi connectivity index (χ4n) is 1.55. The van der Waals surface area contributed by atoms with Crippen LogP contribution in [0.3, 0.4) is 0 Å². The highest BCUT2D eigenvalue weighted by Crippen LogP contribution is 2.36. The maximum absolute atomic E-state index is 10.3. The van der Waals surface area contributed by atoms with Crippen molar-refractivity contribution in [3.63, 3.8) is 0 Å². The lowest BCUT2D eigenvalue weighted by Gasteiger charge is -2.01. The number of nitrogens with zero attached hydrogens (tertiary/aromatic N) is 4. The van der Waals surface area contributed by atoms with E-state index in [1.165, 1.54) is 12.8 Å². The van der Waals surface area contributed by atoms with Gasteiger partial charge in [-0.25, -0.2) is 4.68 Å². The monoisotopic (exact) mass is 256 g/mol. The Morgan fingerprint density at radius 1 is 1.41 bits per heavy atom. The number of carboxylic acids is 1. The van der Waals surface area contributed by atoms with Crippen molar-refractivity contribution in [2.45, 2.75) is 49.7 Å². The van der Waals surface area contributed by atoms with E-state index >= 15 is 0 Å². The summed E-state index contributed by atoms with van der Waals surface area (Å²) in [6, 6.07) is 0.513. The van der Waals surface area contributed by atoms with E-state index in [0.29, 0.717) is 6.04 Å². The van der Waals surface area contributed by atoms with Gasteiger partial charge in [0.2, 0.25) is 5.16 Å². The molecule has 1 fully saturated rings. The summed E-state index contributed by atoms with van der Waals surface area (Å²) >= 11 is 1.66. The molecule has 1 aliphatic carbocycles. The minimum Gasteiger partial charge on any atom is -0.481 e. The largest absolute Gasteiger partial charge is 0.481 e. The van der Waals surface area contributed by atoms with Gasteiger partial charge in [0, 0.05) is 12.2 Å². The molecule has 0 unspecified atom stereocenters. The first kappa shape index (κ1) is 12.3. The molecule has 2 rings (SSSR count). The third-order valence-corrected chi connectivity index (χ3v) is 3.64. The average Bonchev–Trinajstić information content (AvgIpc) is 3.03. The summed E-state index contributed by atoms with van der Waals surface area (Å²) in [7, 11) is 0. The minimum atomic E-state index is -0.713. The molecule has 1 N–H and O–H groups in total. The van der Waals surface area contributed by atoms with Gasteiger partial charge in [0.15, 0.2) is 0 Å². The van der Waals surface area contributed by atoms with Gasteiger partial charge in [0.25, 0.3) is 0 Å². The molecule has 1 aliphatic rings. The number of hydrogen-bond acceptors (Lipinski definition) is 5. The number of aliphatic carboxylic acids is 1. The number of thioether (sulfide) groups is 1. The lowest BCUT2D eigenvalue weighted by atomic mass is 10.2. The molecule has 0 bridgehead atoms. The minimum absolute atomic E-state index is 0.268. The van der Waals surface area contributed by atoms with Crippen molar-refractivity contribution in [3.8, 4) is 0 Å². The Bertz CT molecular complexity index is 378. The van der Waals surface area contributed by atoms with Crippen LogP contribution in [0.5, 0.6) is 0 Å². The Kier molecular flexibility index (Phi) is 4.36. The number of tetrazole rings is 1. The summed E-state index contributed by atoms with van der Waals surface area (Å²) in [4.78, 5) is 10.3. The Labute approximate surface area is 104 Å². The molecular weight excluding hydrogens is 240 g/mol. The molecule has 6 nitrogen and oxygen atoms in total. The molecule has 0 saturated heterocycles. The van der Waals surface area contributed by atoms with Gasteiger partial charge in [-0.1, -0.05) is 18.2 Å². The Morgan fingerprint density at radius 2 is 2.24 bits per heavy atom. The number of carboxylic acid groups (broad SMARTS) is 1. The van der Waals surface area contributed by atoms with Gasteiger partial charge in [-0.15, -0.1) is 5.10 Å². The standard InChI is InChI=1S/C10H16N4O2S/c15-9(16)4-2-1-3-7-17-10-11-12-13-14(10)8-5-6-8/h8H,1-7H2,(H,15,16). The molecule has 0 aliphatic heterocycles. The molecule has 0 aromatic carbocycles. The fraction of sp³-hybridized carbons (Fsp3) is 0.800. The lowest BCUT2D eigenvalue weighted by Crippen LogP contribution is -1.99. The van der Waals surface area contributed by atoms with Gasteiger partial charge >= 0.3 is 5.97 Å². The number of aromatic nitrogens is 4. The highest BCUT2D eigenvalue weighted by atomic mass is 32.2. The smallest absolute Gasteiger partial charge is 0.303 e. The van der Waals surface area contributed by atoms with Crippen LogP contribution in [0.4, 0.5) is 0 Å². The van der Waals surface area contributed by atoms with Crippen molar-refractivity contribution < 1.29 is 9.90 Å². The highest BCUT2D eigenvalue weighted by Gasteiger charge is 2.27. The Hall–Kier alpha value is -1.11. The van der Waals surface area contributed by atoms with Crippen molar-refractivity contribution in [1.29, 1.82) is 0 Å². The van der Waals surface area contributed by atoms with E-state index in [4.69, 9.17) is 5.11 Å². The van der Waals surface area contributed by atoms with Gasteiger partial charge in [-0.2, -0.15) is 0 Å². The molecule has 1 saturated carbocycles. The molecule has 0 atom stereocenters. The summed E-state index contributed by atoms with van der Waals surface area (Å²) in [6.45, 7) is 0. The molecule has 17 heavy (non-hydrogen) atoms. The molecule has 1 aromatic rings. The molecule has 7 heteroatoms. The summed E-state index contributed by atoms with van der Waals surface area (Å²) < 4.78 is 1.90. The maximum atomic E-state index is 10.3. The first-order chi connectivity index (χ1) is 8.27. The SMILES string of the molecule is O=C(O)CCCCCSc1nnnn1C1CC1. The van der Waals surface area contributed by atoms with Crippen molar-refractivity contribution >= 4 is 17.7 Å². The van der Waals surface area contributed by atoms with Crippen molar-refractivity contribution in [2.75, 3.05) is 5.75 Å². The number of hydrogen-bond donors (Lipinski definition) is 1. The third-order valence-electron chi connectivity index (χ3n) is 2.62. The predicted octanol–water partition coefficient (Wildman–Crippen LogP) is 1.75. The van der Waals surface area contributed by atoms with Crippen LogP contribution in [0, 0.1) is 0 Å². The summed E-state index contributed by atoms with van der Waals surface area (Å²) in [5.41, 5.74) is 0. The molecule has 0 spiro atoms. The molecule has 0 amide bonds. The fourth-order valence-corrected chi connectivity index (χ4v) is 2.49. The maximum Gasteiger partial charge on any atom is 0.303 e. The van der Waals surface area contributed by atoms with Crippen LogP contribution >= 0.6 is 11.8 Å². The second-order valence-corrected chi connectivity index (χ2v) is 5.25. The van der Waals surface area contributed by atoms with Crippen molar-refractivity contribution in [2.24, 2.45) is 0 Å². The van der Waals surface area contributed by atoms with Crippen LogP contribution in [0.1, 0.15) is 44.6 Å². The van der Waals surface area contributed by atoms with E-state index in [2.05, 4.69) is 15.5 Å². The number of unbranched alkanes of at least 4 members (excludes halogenated alkanes) is 2. The van der Waals surface area contributed by atoms with Crippen LogP contribution in [-0.2, 0) is 4.79 Å². The summed E-state index contributed by atoms with van der Waals surface area (Å²) in [6.07, 6.45) is 5.34. The molecule has 1 aromatic heterocycles. The quantitative estimate of drug-likeness (QED) is 0.563.